The van der Waals surface area contributed by atoms with E-state index in [2.05, 4.69) is 11.6 Å². The van der Waals surface area contributed by atoms with Crippen LogP contribution in [0.25, 0.3) is 0 Å². The van der Waals surface area contributed by atoms with Gasteiger partial charge in [-0.15, -0.1) is 0 Å². The fraction of sp³-hybridized carbons (Fsp3) is 0.214. The SMILES string of the molecule is C=C(C)C1CN=C(c2cc(Cl)ccc2F)C=C1Cl. The summed E-state index contributed by atoms with van der Waals surface area (Å²) in [5.74, 6) is -0.328. The van der Waals surface area contributed by atoms with Crippen LogP contribution in [0.4, 0.5) is 4.39 Å². The van der Waals surface area contributed by atoms with Crippen LogP contribution in [-0.2, 0) is 0 Å². The molecule has 18 heavy (non-hydrogen) atoms. The molecule has 0 aromatic heterocycles. The minimum Gasteiger partial charge on any atom is -0.284 e. The summed E-state index contributed by atoms with van der Waals surface area (Å²) in [4.78, 5) is 4.35. The molecule has 0 saturated carbocycles. The second-order valence-electron chi connectivity index (χ2n) is 4.28. The van der Waals surface area contributed by atoms with E-state index in [1.807, 2.05) is 6.92 Å². The van der Waals surface area contributed by atoms with Gasteiger partial charge in [0.15, 0.2) is 0 Å². The van der Waals surface area contributed by atoms with Crippen molar-refractivity contribution in [2.45, 2.75) is 6.92 Å². The highest BCUT2D eigenvalue weighted by Crippen LogP contribution is 2.28. The highest BCUT2D eigenvalue weighted by atomic mass is 35.5. The highest BCUT2D eigenvalue weighted by Gasteiger charge is 2.20. The lowest BCUT2D eigenvalue weighted by Gasteiger charge is -2.19. The third-order valence-corrected chi connectivity index (χ3v) is 3.46. The summed E-state index contributed by atoms with van der Waals surface area (Å²) in [6.45, 7) is 6.27. The molecule has 1 aliphatic heterocycles. The van der Waals surface area contributed by atoms with Gasteiger partial charge >= 0.3 is 0 Å². The van der Waals surface area contributed by atoms with Gasteiger partial charge in [0, 0.05) is 21.5 Å². The Morgan fingerprint density at radius 3 is 2.78 bits per heavy atom. The van der Waals surface area contributed by atoms with Gasteiger partial charge in [0.2, 0.25) is 0 Å². The van der Waals surface area contributed by atoms with Crippen LogP contribution in [0.15, 0.2) is 46.5 Å². The summed E-state index contributed by atoms with van der Waals surface area (Å²) < 4.78 is 13.7. The van der Waals surface area contributed by atoms with Gasteiger partial charge in [-0.05, 0) is 31.2 Å². The van der Waals surface area contributed by atoms with Gasteiger partial charge in [0.25, 0.3) is 0 Å². The van der Waals surface area contributed by atoms with Crippen LogP contribution >= 0.6 is 23.2 Å². The number of halogens is 3. The molecule has 1 heterocycles. The third kappa shape index (κ3) is 2.65. The first-order valence-electron chi connectivity index (χ1n) is 5.51. The van der Waals surface area contributed by atoms with Crippen LogP contribution in [0.2, 0.25) is 5.02 Å². The summed E-state index contributed by atoms with van der Waals surface area (Å²) >= 11 is 12.0. The molecule has 2 rings (SSSR count). The lowest BCUT2D eigenvalue weighted by molar-refractivity contribution is 0.625. The van der Waals surface area contributed by atoms with Gasteiger partial charge in [-0.3, -0.25) is 4.99 Å². The fourth-order valence-corrected chi connectivity index (χ4v) is 2.33. The Balaban J connectivity index is 2.37. The quantitative estimate of drug-likeness (QED) is 0.704. The fourth-order valence-electron chi connectivity index (χ4n) is 1.80. The number of dihydropyridines is 1. The van der Waals surface area contributed by atoms with Crippen molar-refractivity contribution in [3.63, 3.8) is 0 Å². The van der Waals surface area contributed by atoms with Gasteiger partial charge in [-0.25, -0.2) is 4.39 Å². The van der Waals surface area contributed by atoms with Crippen molar-refractivity contribution >= 4 is 28.9 Å². The molecular weight excluding hydrogens is 272 g/mol. The number of hydrogen-bond acceptors (Lipinski definition) is 1. The molecule has 0 radical (unpaired) electrons. The zero-order valence-corrected chi connectivity index (χ0v) is 11.4. The smallest absolute Gasteiger partial charge is 0.132 e. The van der Waals surface area contributed by atoms with Crippen molar-refractivity contribution in [3.05, 3.63) is 57.9 Å². The summed E-state index contributed by atoms with van der Waals surface area (Å²) in [5, 5.41) is 1.10. The van der Waals surface area contributed by atoms with E-state index >= 15 is 0 Å². The molecule has 4 heteroatoms. The van der Waals surface area contributed by atoms with Crippen molar-refractivity contribution in [1.29, 1.82) is 0 Å². The maximum absolute atomic E-state index is 13.7. The van der Waals surface area contributed by atoms with E-state index in [9.17, 15) is 4.39 Å². The highest BCUT2D eigenvalue weighted by molar-refractivity contribution is 6.33. The Hall–Kier alpha value is -1.12. The molecule has 1 aromatic carbocycles. The van der Waals surface area contributed by atoms with Crippen LogP contribution in [0.3, 0.4) is 0 Å². The molecule has 0 bridgehead atoms. The monoisotopic (exact) mass is 283 g/mol. The molecule has 0 aliphatic carbocycles. The summed E-state index contributed by atoms with van der Waals surface area (Å²) in [7, 11) is 0. The number of hydrogen-bond donors (Lipinski definition) is 0. The Kier molecular flexibility index (Phi) is 3.88. The number of allylic oxidation sites excluding steroid dienone is 1. The first-order chi connectivity index (χ1) is 8.49. The Morgan fingerprint density at radius 1 is 1.44 bits per heavy atom. The lowest BCUT2D eigenvalue weighted by Crippen LogP contribution is -2.15. The average Bonchev–Trinajstić information content (AvgIpc) is 2.31. The molecular formula is C14H12Cl2FN. The summed E-state index contributed by atoms with van der Waals surface area (Å²) in [6, 6.07) is 4.38. The number of aliphatic imine (C=N–C) groups is 1. The normalized spacial score (nSPS) is 19.2. The predicted molar refractivity (Wildman–Crippen MR) is 75.1 cm³/mol. The van der Waals surface area contributed by atoms with Crippen LogP contribution in [0.1, 0.15) is 12.5 Å². The van der Waals surface area contributed by atoms with Gasteiger partial charge in [-0.2, -0.15) is 0 Å². The lowest BCUT2D eigenvalue weighted by atomic mass is 9.96. The van der Waals surface area contributed by atoms with E-state index in [1.165, 1.54) is 12.1 Å². The Labute approximate surface area is 116 Å². The van der Waals surface area contributed by atoms with Gasteiger partial charge in [0.05, 0.1) is 12.3 Å². The molecule has 94 valence electrons. The van der Waals surface area contributed by atoms with E-state index in [4.69, 9.17) is 23.2 Å². The van der Waals surface area contributed by atoms with E-state index in [0.29, 0.717) is 27.9 Å². The molecule has 1 nitrogen and oxygen atoms in total. The van der Waals surface area contributed by atoms with E-state index in [0.717, 1.165) is 5.57 Å². The van der Waals surface area contributed by atoms with Crippen molar-refractivity contribution < 1.29 is 4.39 Å². The van der Waals surface area contributed by atoms with Crippen LogP contribution in [0, 0.1) is 11.7 Å². The van der Waals surface area contributed by atoms with Gasteiger partial charge < -0.3 is 0 Å². The first kappa shape index (κ1) is 13.3. The van der Waals surface area contributed by atoms with Crippen molar-refractivity contribution in [3.8, 4) is 0 Å². The maximum Gasteiger partial charge on any atom is 0.132 e. The molecule has 1 atom stereocenters. The molecule has 1 aliphatic rings. The Bertz CT molecular complexity index is 561. The molecule has 1 aromatic rings. The number of nitrogens with zero attached hydrogens (tertiary/aromatic N) is 1. The minimum absolute atomic E-state index is 0.0256. The van der Waals surface area contributed by atoms with Crippen molar-refractivity contribution in [2.75, 3.05) is 6.54 Å². The second-order valence-corrected chi connectivity index (χ2v) is 5.15. The van der Waals surface area contributed by atoms with Gasteiger partial charge in [0.1, 0.15) is 5.82 Å². The van der Waals surface area contributed by atoms with Crippen LogP contribution in [-0.4, -0.2) is 12.3 Å². The largest absolute Gasteiger partial charge is 0.284 e. The minimum atomic E-state index is -0.354. The third-order valence-electron chi connectivity index (χ3n) is 2.85. The number of rotatable bonds is 2. The molecule has 0 N–H and O–H groups in total. The Morgan fingerprint density at radius 2 is 2.17 bits per heavy atom. The van der Waals surface area contributed by atoms with E-state index in [1.54, 1.807) is 12.1 Å². The molecule has 0 fully saturated rings. The first-order valence-corrected chi connectivity index (χ1v) is 6.27. The van der Waals surface area contributed by atoms with Crippen molar-refractivity contribution in [1.82, 2.24) is 0 Å². The maximum atomic E-state index is 13.7. The zero-order valence-electron chi connectivity index (χ0n) is 9.88. The van der Waals surface area contributed by atoms with E-state index < -0.39 is 0 Å². The number of benzene rings is 1. The van der Waals surface area contributed by atoms with E-state index in [-0.39, 0.29) is 11.7 Å². The molecule has 0 saturated heterocycles. The standard InChI is InChI=1S/C14H12Cl2FN/c1-8(2)11-7-18-14(6-12(11)16)10-5-9(15)3-4-13(10)17/h3-6,11H,1,7H2,2H3. The summed E-state index contributed by atoms with van der Waals surface area (Å²) in [6.07, 6.45) is 1.68. The second kappa shape index (κ2) is 5.25. The predicted octanol–water partition coefficient (Wildman–Crippen LogP) is 4.60. The molecule has 0 spiro atoms. The van der Waals surface area contributed by atoms with Crippen LogP contribution in [0.5, 0.6) is 0 Å². The van der Waals surface area contributed by atoms with Crippen LogP contribution < -0.4 is 0 Å². The zero-order chi connectivity index (χ0) is 13.3. The topological polar surface area (TPSA) is 12.4 Å². The molecule has 1 unspecified atom stereocenters. The van der Waals surface area contributed by atoms with Crippen molar-refractivity contribution in [2.24, 2.45) is 10.9 Å². The summed E-state index contributed by atoms with van der Waals surface area (Å²) in [5.41, 5.74) is 1.85. The molecule has 0 amide bonds. The average molecular weight is 284 g/mol. The van der Waals surface area contributed by atoms with Gasteiger partial charge in [-0.1, -0.05) is 35.4 Å².